The molecule has 1 aliphatic heterocycles. The van der Waals surface area contributed by atoms with Gasteiger partial charge in [0.1, 0.15) is 5.01 Å². The molecule has 1 atom stereocenters. The zero-order valence-corrected chi connectivity index (χ0v) is 16.5. The third-order valence-electron chi connectivity index (χ3n) is 5.03. The van der Waals surface area contributed by atoms with Crippen LogP contribution in [0.1, 0.15) is 47.6 Å². The lowest BCUT2D eigenvalue weighted by atomic mass is 9.80. The van der Waals surface area contributed by atoms with E-state index in [1.165, 1.54) is 16.9 Å². The molecule has 140 valence electrons. The van der Waals surface area contributed by atoms with Gasteiger partial charge in [-0.3, -0.25) is 9.69 Å². The molecule has 7 heteroatoms. The minimum Gasteiger partial charge on any atom is -0.327 e. The minimum absolute atomic E-state index is 0.0911. The molecular formula is C19H27N5OS. The molecule has 0 bridgehead atoms. The van der Waals surface area contributed by atoms with Gasteiger partial charge in [-0.25, -0.2) is 0 Å². The first-order valence-corrected chi connectivity index (χ1v) is 9.89. The van der Waals surface area contributed by atoms with Gasteiger partial charge in [-0.1, -0.05) is 44.2 Å². The van der Waals surface area contributed by atoms with Gasteiger partial charge in [-0.2, -0.15) is 0 Å². The van der Waals surface area contributed by atoms with E-state index in [9.17, 15) is 4.79 Å². The summed E-state index contributed by atoms with van der Waals surface area (Å²) in [6, 6.07) is 8.09. The minimum atomic E-state index is -0.209. The van der Waals surface area contributed by atoms with Crippen LogP contribution < -0.4 is 11.1 Å². The number of rotatable bonds is 5. The van der Waals surface area contributed by atoms with Gasteiger partial charge in [0.05, 0.1) is 6.54 Å². The second-order valence-electron chi connectivity index (χ2n) is 7.60. The number of carbonyl (C=O) groups is 1. The summed E-state index contributed by atoms with van der Waals surface area (Å²) in [6.07, 6.45) is 1.96. The normalized spacial score (nSPS) is 20.1. The van der Waals surface area contributed by atoms with E-state index < -0.39 is 0 Å². The fourth-order valence-electron chi connectivity index (χ4n) is 3.23. The fraction of sp³-hybridized carbons (Fsp3) is 0.526. The Bertz CT molecular complexity index is 756. The average molecular weight is 374 g/mol. The molecule has 1 aromatic heterocycles. The van der Waals surface area contributed by atoms with Crippen LogP contribution in [-0.2, 0) is 13.0 Å². The van der Waals surface area contributed by atoms with Gasteiger partial charge < -0.3 is 11.1 Å². The smallest absolute Gasteiger partial charge is 0.286 e. The second-order valence-corrected chi connectivity index (χ2v) is 8.66. The molecule has 1 amide bonds. The van der Waals surface area contributed by atoms with E-state index in [4.69, 9.17) is 5.73 Å². The van der Waals surface area contributed by atoms with Crippen LogP contribution in [0.15, 0.2) is 24.3 Å². The number of piperidine rings is 1. The van der Waals surface area contributed by atoms with Gasteiger partial charge in [0.15, 0.2) is 0 Å². The molecule has 26 heavy (non-hydrogen) atoms. The largest absolute Gasteiger partial charge is 0.327 e. The first kappa shape index (κ1) is 18.9. The molecular weight excluding hydrogens is 346 g/mol. The average Bonchev–Trinajstić information content (AvgIpc) is 3.07. The van der Waals surface area contributed by atoms with Crippen molar-refractivity contribution in [3.05, 3.63) is 39.8 Å². The summed E-state index contributed by atoms with van der Waals surface area (Å²) in [4.78, 5) is 14.7. The molecule has 2 aromatic rings. The van der Waals surface area contributed by atoms with Gasteiger partial charge in [0.2, 0.25) is 5.01 Å². The molecule has 1 aliphatic rings. The maximum atomic E-state index is 12.4. The first-order valence-electron chi connectivity index (χ1n) is 9.08. The summed E-state index contributed by atoms with van der Waals surface area (Å²) < 4.78 is 0. The zero-order chi connectivity index (χ0) is 18.7. The van der Waals surface area contributed by atoms with Crippen molar-refractivity contribution in [2.75, 3.05) is 18.4 Å². The third kappa shape index (κ3) is 4.47. The zero-order valence-electron chi connectivity index (χ0n) is 15.7. The van der Waals surface area contributed by atoms with Crippen molar-refractivity contribution in [1.82, 2.24) is 15.1 Å². The molecule has 0 spiro atoms. The van der Waals surface area contributed by atoms with Crippen molar-refractivity contribution in [2.45, 2.75) is 46.2 Å². The van der Waals surface area contributed by atoms with E-state index in [0.29, 0.717) is 11.6 Å². The van der Waals surface area contributed by atoms with Crippen molar-refractivity contribution < 1.29 is 4.79 Å². The number of carbonyl (C=O) groups excluding carboxylic acids is 1. The quantitative estimate of drug-likeness (QED) is 0.842. The molecule has 0 aliphatic carbocycles. The van der Waals surface area contributed by atoms with E-state index in [1.54, 1.807) is 0 Å². The summed E-state index contributed by atoms with van der Waals surface area (Å²) in [6.45, 7) is 9.10. The van der Waals surface area contributed by atoms with E-state index >= 15 is 0 Å². The number of hydrogen-bond acceptors (Lipinski definition) is 6. The highest BCUT2D eigenvalue weighted by atomic mass is 32.1. The van der Waals surface area contributed by atoms with Crippen molar-refractivity contribution in [1.29, 1.82) is 0 Å². The number of likely N-dealkylation sites (tertiary alicyclic amines) is 1. The van der Waals surface area contributed by atoms with Crippen molar-refractivity contribution in [3.63, 3.8) is 0 Å². The molecule has 3 rings (SSSR count). The molecule has 0 radical (unpaired) electrons. The van der Waals surface area contributed by atoms with Gasteiger partial charge in [-0.15, -0.1) is 10.2 Å². The molecule has 0 saturated carbocycles. The van der Waals surface area contributed by atoms with Gasteiger partial charge in [0.25, 0.3) is 5.91 Å². The lowest BCUT2D eigenvalue weighted by molar-refractivity contribution is 0.0896. The van der Waals surface area contributed by atoms with Crippen molar-refractivity contribution in [3.8, 4) is 0 Å². The molecule has 1 saturated heterocycles. The highest BCUT2D eigenvalue weighted by Crippen LogP contribution is 2.29. The van der Waals surface area contributed by atoms with Crippen LogP contribution in [0, 0.1) is 5.41 Å². The number of anilines is 1. The van der Waals surface area contributed by atoms with Crippen LogP contribution >= 0.6 is 11.3 Å². The summed E-state index contributed by atoms with van der Waals surface area (Å²) in [7, 11) is 0. The molecule has 1 unspecified atom stereocenters. The lowest BCUT2D eigenvalue weighted by Gasteiger charge is -2.42. The molecule has 1 fully saturated rings. The maximum absolute atomic E-state index is 12.4. The number of benzene rings is 1. The van der Waals surface area contributed by atoms with E-state index in [-0.39, 0.29) is 17.4 Å². The van der Waals surface area contributed by atoms with Crippen molar-refractivity contribution in [2.24, 2.45) is 11.1 Å². The van der Waals surface area contributed by atoms with Gasteiger partial charge >= 0.3 is 0 Å². The van der Waals surface area contributed by atoms with Crippen LogP contribution in [0.2, 0.25) is 0 Å². The molecule has 1 aromatic carbocycles. The Kier molecular flexibility index (Phi) is 5.70. The first-order chi connectivity index (χ1) is 12.4. The molecule has 6 nitrogen and oxygen atoms in total. The van der Waals surface area contributed by atoms with Gasteiger partial charge in [-0.05, 0) is 36.0 Å². The Morgan fingerprint density at radius 1 is 1.35 bits per heavy atom. The Hall–Kier alpha value is -1.83. The summed E-state index contributed by atoms with van der Waals surface area (Å²) >= 11 is 1.36. The fourth-order valence-corrected chi connectivity index (χ4v) is 4.01. The summed E-state index contributed by atoms with van der Waals surface area (Å²) in [5.74, 6) is -0.209. The number of amides is 1. The standard InChI is InChI=1S/C19H27N5OS/c1-4-13-5-7-14(8-6-13)21-17(25)18-23-22-16(26-18)11-24-10-9-15(20)19(2,3)12-24/h5-8,15H,4,9-12,20H2,1-3H3,(H,21,25). The summed E-state index contributed by atoms with van der Waals surface area (Å²) in [5.41, 5.74) is 8.30. The Morgan fingerprint density at radius 3 is 2.73 bits per heavy atom. The number of hydrogen-bond donors (Lipinski definition) is 2. The van der Waals surface area contributed by atoms with Crippen LogP contribution in [-0.4, -0.2) is 40.1 Å². The second kappa shape index (κ2) is 7.82. The predicted octanol–water partition coefficient (Wildman–Crippen LogP) is 2.91. The van der Waals surface area contributed by atoms with Crippen LogP contribution in [0.25, 0.3) is 0 Å². The number of nitrogens with two attached hydrogens (primary N) is 1. The number of nitrogens with one attached hydrogen (secondary N) is 1. The van der Waals surface area contributed by atoms with E-state index in [2.05, 4.69) is 41.2 Å². The topological polar surface area (TPSA) is 84.1 Å². The Balaban J connectivity index is 1.59. The van der Waals surface area contributed by atoms with E-state index in [1.807, 2.05) is 24.3 Å². The highest BCUT2D eigenvalue weighted by Gasteiger charge is 2.33. The van der Waals surface area contributed by atoms with Crippen LogP contribution in [0.3, 0.4) is 0 Å². The highest BCUT2D eigenvalue weighted by molar-refractivity contribution is 7.13. The SMILES string of the molecule is CCc1ccc(NC(=O)c2nnc(CN3CCC(N)C(C)(C)C3)s2)cc1. The van der Waals surface area contributed by atoms with Gasteiger partial charge in [0, 0.05) is 24.8 Å². The lowest BCUT2D eigenvalue weighted by Crippen LogP contribution is -2.52. The Morgan fingerprint density at radius 2 is 2.08 bits per heavy atom. The van der Waals surface area contributed by atoms with E-state index in [0.717, 1.165) is 36.6 Å². The van der Waals surface area contributed by atoms with Crippen LogP contribution in [0.5, 0.6) is 0 Å². The molecule has 3 N–H and O–H groups in total. The Labute approximate surface area is 158 Å². The predicted molar refractivity (Wildman–Crippen MR) is 105 cm³/mol. The monoisotopic (exact) mass is 373 g/mol. The summed E-state index contributed by atoms with van der Waals surface area (Å²) in [5, 5.41) is 12.4. The molecule has 2 heterocycles. The van der Waals surface area contributed by atoms with Crippen molar-refractivity contribution >= 4 is 22.9 Å². The number of aryl methyl sites for hydroxylation is 1. The third-order valence-corrected chi connectivity index (χ3v) is 5.94. The number of nitrogens with zero attached hydrogens (tertiary/aromatic N) is 3. The van der Waals surface area contributed by atoms with Crippen LogP contribution in [0.4, 0.5) is 5.69 Å². The number of aromatic nitrogens is 2. The maximum Gasteiger partial charge on any atom is 0.286 e.